The van der Waals surface area contributed by atoms with Gasteiger partial charge in [0.1, 0.15) is 0 Å². The third-order valence-corrected chi connectivity index (χ3v) is 4.92. The van der Waals surface area contributed by atoms with E-state index in [2.05, 4.69) is 58.2 Å². The minimum atomic E-state index is -0.183. The predicted molar refractivity (Wildman–Crippen MR) is 110 cm³/mol. The van der Waals surface area contributed by atoms with E-state index in [1.807, 2.05) is 19.9 Å². The van der Waals surface area contributed by atoms with E-state index in [0.29, 0.717) is 11.9 Å². The summed E-state index contributed by atoms with van der Waals surface area (Å²) in [7, 11) is 0. The highest BCUT2D eigenvalue weighted by molar-refractivity contribution is 6.17. The number of hydrogen-bond acceptors (Lipinski definition) is 4. The SMILES string of the molecule is CCc1ccc2c(C)nc(/N=C3/N=C(C)C(CCC(C)C)C(=O)N3)nc2c1. The molecule has 27 heavy (non-hydrogen) atoms. The summed E-state index contributed by atoms with van der Waals surface area (Å²) in [6.07, 6.45) is 2.74. The van der Waals surface area contributed by atoms with E-state index in [-0.39, 0.29) is 17.8 Å². The Morgan fingerprint density at radius 1 is 1.22 bits per heavy atom. The molecule has 0 saturated carbocycles. The van der Waals surface area contributed by atoms with Gasteiger partial charge in [-0.3, -0.25) is 10.1 Å². The summed E-state index contributed by atoms with van der Waals surface area (Å²) < 4.78 is 0. The van der Waals surface area contributed by atoms with Crippen molar-refractivity contribution in [2.45, 2.75) is 53.9 Å². The van der Waals surface area contributed by atoms with Gasteiger partial charge in [-0.05, 0) is 50.7 Å². The normalized spacial score (nSPS) is 18.9. The molecule has 1 aliphatic heterocycles. The van der Waals surface area contributed by atoms with E-state index in [0.717, 1.165) is 41.6 Å². The summed E-state index contributed by atoms with van der Waals surface area (Å²) in [6.45, 7) is 10.3. The number of guanidine groups is 1. The molecule has 1 atom stereocenters. The van der Waals surface area contributed by atoms with Crippen LogP contribution in [0, 0.1) is 18.8 Å². The molecule has 0 aliphatic carbocycles. The number of amides is 1. The number of aryl methyl sites for hydroxylation is 2. The lowest BCUT2D eigenvalue weighted by Gasteiger charge is -2.22. The molecule has 2 heterocycles. The van der Waals surface area contributed by atoms with Gasteiger partial charge in [-0.1, -0.05) is 32.9 Å². The lowest BCUT2D eigenvalue weighted by Crippen LogP contribution is -2.43. The number of hydrogen-bond donors (Lipinski definition) is 1. The molecular formula is C21H27N5O. The molecule has 142 valence electrons. The van der Waals surface area contributed by atoms with Crippen molar-refractivity contribution >= 4 is 34.4 Å². The van der Waals surface area contributed by atoms with E-state index in [9.17, 15) is 4.79 Å². The number of aliphatic imine (C=N–C) groups is 2. The van der Waals surface area contributed by atoms with Gasteiger partial charge in [-0.15, -0.1) is 0 Å². The maximum absolute atomic E-state index is 12.5. The van der Waals surface area contributed by atoms with Crippen molar-refractivity contribution in [1.29, 1.82) is 0 Å². The minimum Gasteiger partial charge on any atom is -0.294 e. The van der Waals surface area contributed by atoms with Crippen LogP contribution >= 0.6 is 0 Å². The van der Waals surface area contributed by atoms with Crippen molar-refractivity contribution in [2.75, 3.05) is 0 Å². The largest absolute Gasteiger partial charge is 0.294 e. The second kappa shape index (κ2) is 7.94. The zero-order valence-electron chi connectivity index (χ0n) is 16.7. The fraction of sp³-hybridized carbons (Fsp3) is 0.476. The highest BCUT2D eigenvalue weighted by atomic mass is 16.2. The highest BCUT2D eigenvalue weighted by Gasteiger charge is 2.27. The van der Waals surface area contributed by atoms with Gasteiger partial charge in [0, 0.05) is 11.1 Å². The lowest BCUT2D eigenvalue weighted by molar-refractivity contribution is -0.122. The van der Waals surface area contributed by atoms with Crippen molar-refractivity contribution < 1.29 is 4.79 Å². The van der Waals surface area contributed by atoms with E-state index >= 15 is 0 Å². The van der Waals surface area contributed by atoms with E-state index < -0.39 is 0 Å². The predicted octanol–water partition coefficient (Wildman–Crippen LogP) is 4.13. The zero-order valence-corrected chi connectivity index (χ0v) is 16.7. The average Bonchev–Trinajstić information content (AvgIpc) is 2.60. The first-order chi connectivity index (χ1) is 12.9. The Morgan fingerprint density at radius 3 is 2.67 bits per heavy atom. The second-order valence-corrected chi connectivity index (χ2v) is 7.52. The molecule has 1 amide bonds. The first-order valence-corrected chi connectivity index (χ1v) is 9.59. The summed E-state index contributed by atoms with van der Waals surface area (Å²) in [5, 5.41) is 3.81. The monoisotopic (exact) mass is 365 g/mol. The van der Waals surface area contributed by atoms with Gasteiger partial charge in [0.05, 0.1) is 17.1 Å². The number of carbonyl (C=O) groups is 1. The first kappa shape index (κ1) is 19.1. The Hall–Kier alpha value is -2.63. The Bertz CT molecular complexity index is 930. The summed E-state index contributed by atoms with van der Waals surface area (Å²) in [5.74, 6) is 0.914. The fourth-order valence-electron chi connectivity index (χ4n) is 3.24. The molecule has 3 rings (SSSR count). The maximum atomic E-state index is 12.5. The third kappa shape index (κ3) is 4.38. The molecule has 0 fully saturated rings. The molecule has 6 heteroatoms. The van der Waals surface area contributed by atoms with Gasteiger partial charge in [-0.25, -0.2) is 15.0 Å². The summed E-state index contributed by atoms with van der Waals surface area (Å²) in [6, 6.07) is 6.20. The Balaban J connectivity index is 1.91. The Morgan fingerprint density at radius 2 is 2.00 bits per heavy atom. The number of nitrogens with zero attached hydrogens (tertiary/aromatic N) is 4. The zero-order chi connectivity index (χ0) is 19.6. The van der Waals surface area contributed by atoms with Gasteiger partial charge in [0.25, 0.3) is 5.95 Å². The minimum absolute atomic E-state index is 0.0484. The van der Waals surface area contributed by atoms with Crippen LogP contribution in [0.5, 0.6) is 0 Å². The van der Waals surface area contributed by atoms with Crippen LogP contribution in [0.15, 0.2) is 28.2 Å². The van der Waals surface area contributed by atoms with Crippen LogP contribution in [0.2, 0.25) is 0 Å². The number of rotatable bonds is 5. The molecule has 1 unspecified atom stereocenters. The summed E-state index contributed by atoms with van der Waals surface area (Å²) in [5.41, 5.74) is 3.73. The Labute approximate surface area is 160 Å². The van der Waals surface area contributed by atoms with Crippen LogP contribution in [0.1, 0.15) is 51.8 Å². The molecule has 6 nitrogen and oxygen atoms in total. The molecule has 1 N–H and O–H groups in total. The number of fused-ring (bicyclic) bond motifs is 1. The molecule has 2 aromatic rings. The molecule has 1 aromatic carbocycles. The molecule has 1 aliphatic rings. The second-order valence-electron chi connectivity index (χ2n) is 7.52. The Kier molecular flexibility index (Phi) is 5.63. The summed E-state index contributed by atoms with van der Waals surface area (Å²) in [4.78, 5) is 30.4. The third-order valence-electron chi connectivity index (χ3n) is 4.92. The molecular weight excluding hydrogens is 338 g/mol. The topological polar surface area (TPSA) is 79.6 Å². The number of aromatic nitrogens is 2. The van der Waals surface area contributed by atoms with E-state index in [1.54, 1.807) is 0 Å². The van der Waals surface area contributed by atoms with Crippen LogP contribution in [-0.4, -0.2) is 27.5 Å². The van der Waals surface area contributed by atoms with Crippen LogP contribution in [0.25, 0.3) is 10.9 Å². The number of benzene rings is 1. The fourth-order valence-corrected chi connectivity index (χ4v) is 3.24. The molecule has 0 radical (unpaired) electrons. The van der Waals surface area contributed by atoms with Gasteiger partial charge in [0.15, 0.2) is 0 Å². The van der Waals surface area contributed by atoms with Crippen molar-refractivity contribution in [3.05, 3.63) is 29.5 Å². The van der Waals surface area contributed by atoms with Crippen LogP contribution in [-0.2, 0) is 11.2 Å². The first-order valence-electron chi connectivity index (χ1n) is 9.59. The van der Waals surface area contributed by atoms with Gasteiger partial charge >= 0.3 is 0 Å². The quantitative estimate of drug-likeness (QED) is 0.865. The van der Waals surface area contributed by atoms with Gasteiger partial charge < -0.3 is 0 Å². The number of carbonyl (C=O) groups excluding carboxylic acids is 1. The smallest absolute Gasteiger partial charge is 0.253 e. The van der Waals surface area contributed by atoms with Crippen molar-refractivity contribution in [1.82, 2.24) is 15.3 Å². The number of nitrogens with one attached hydrogen (secondary N) is 1. The van der Waals surface area contributed by atoms with E-state index in [4.69, 9.17) is 0 Å². The summed E-state index contributed by atoms with van der Waals surface area (Å²) >= 11 is 0. The standard InChI is InChI=1S/C21H27N5O/c1-6-15-8-10-16-13(4)22-20(24-18(16)11-15)26-21-23-14(5)17(19(27)25-21)9-7-12(2)3/h8,10-12,17H,6-7,9H2,1-5H3,(H,22,24,25,26,27). The van der Waals surface area contributed by atoms with Crippen molar-refractivity contribution in [3.8, 4) is 0 Å². The lowest BCUT2D eigenvalue weighted by atomic mass is 9.93. The van der Waals surface area contributed by atoms with Gasteiger partial charge in [0.2, 0.25) is 11.9 Å². The van der Waals surface area contributed by atoms with Crippen LogP contribution in [0.4, 0.5) is 5.95 Å². The highest BCUT2D eigenvalue weighted by Crippen LogP contribution is 2.21. The maximum Gasteiger partial charge on any atom is 0.253 e. The van der Waals surface area contributed by atoms with Crippen LogP contribution in [0.3, 0.4) is 0 Å². The molecule has 0 saturated heterocycles. The van der Waals surface area contributed by atoms with E-state index in [1.165, 1.54) is 5.56 Å². The molecule has 0 bridgehead atoms. The average molecular weight is 365 g/mol. The van der Waals surface area contributed by atoms with Crippen molar-refractivity contribution in [2.24, 2.45) is 21.8 Å². The van der Waals surface area contributed by atoms with Gasteiger partial charge in [-0.2, -0.15) is 4.99 Å². The van der Waals surface area contributed by atoms with Crippen LogP contribution < -0.4 is 5.32 Å². The van der Waals surface area contributed by atoms with Crippen molar-refractivity contribution in [3.63, 3.8) is 0 Å². The molecule has 0 spiro atoms. The molecule has 1 aromatic heterocycles.